The molecule has 2 aromatic carbocycles. The van der Waals surface area contributed by atoms with Gasteiger partial charge in [0, 0.05) is 12.8 Å². The zero-order valence-corrected chi connectivity index (χ0v) is 11.7. The molecule has 0 saturated carbocycles. The van der Waals surface area contributed by atoms with E-state index in [1.165, 1.54) is 23.3 Å². The number of benzene rings is 2. The summed E-state index contributed by atoms with van der Waals surface area (Å²) >= 11 is 0. The van der Waals surface area contributed by atoms with Crippen molar-refractivity contribution in [1.82, 2.24) is 0 Å². The van der Waals surface area contributed by atoms with Crippen LogP contribution in [0, 0.1) is 13.8 Å². The van der Waals surface area contributed by atoms with Crippen molar-refractivity contribution in [3.05, 3.63) is 58.7 Å². The molecule has 0 fully saturated rings. The van der Waals surface area contributed by atoms with Gasteiger partial charge in [0.1, 0.15) is 5.78 Å². The second-order valence-corrected chi connectivity index (χ2v) is 5.13. The molecular weight excluding hydrogens is 252 g/mol. The van der Waals surface area contributed by atoms with Gasteiger partial charge in [-0.2, -0.15) is 0 Å². The molecule has 2 aromatic rings. The van der Waals surface area contributed by atoms with Crippen LogP contribution in [0.15, 0.2) is 36.4 Å². The quantitative estimate of drug-likeness (QED) is 0.839. The van der Waals surface area contributed by atoms with E-state index in [-0.39, 0.29) is 23.7 Å². The largest absolute Gasteiger partial charge is 0.504 e. The summed E-state index contributed by atoms with van der Waals surface area (Å²) in [6.07, 6.45) is 0.628. The van der Waals surface area contributed by atoms with Crippen molar-refractivity contribution in [2.75, 3.05) is 0 Å². The number of rotatable bonds is 4. The molecule has 0 heterocycles. The Morgan fingerprint density at radius 1 is 0.850 bits per heavy atom. The van der Waals surface area contributed by atoms with Crippen LogP contribution in [0.3, 0.4) is 0 Å². The van der Waals surface area contributed by atoms with Crippen molar-refractivity contribution in [3.8, 4) is 11.5 Å². The summed E-state index contributed by atoms with van der Waals surface area (Å²) in [7, 11) is 0. The Hall–Kier alpha value is -2.29. The van der Waals surface area contributed by atoms with Crippen molar-refractivity contribution < 1.29 is 15.0 Å². The molecule has 3 nitrogen and oxygen atoms in total. The number of ketones is 1. The van der Waals surface area contributed by atoms with Gasteiger partial charge in [0.25, 0.3) is 0 Å². The second-order valence-electron chi connectivity index (χ2n) is 5.13. The van der Waals surface area contributed by atoms with Gasteiger partial charge in [-0.25, -0.2) is 0 Å². The number of Topliss-reactive ketones (excluding diaryl/α,β-unsaturated/α-hetero) is 1. The maximum atomic E-state index is 12.0. The van der Waals surface area contributed by atoms with E-state index in [0.717, 1.165) is 5.56 Å². The molecular formula is C17H18O3. The number of carbonyl (C=O) groups excluding carboxylic acids is 1. The van der Waals surface area contributed by atoms with E-state index in [1.54, 1.807) is 6.07 Å². The highest BCUT2D eigenvalue weighted by atomic mass is 16.3. The molecule has 0 aliphatic rings. The molecule has 2 N–H and O–H groups in total. The molecule has 0 radical (unpaired) electrons. The molecule has 104 valence electrons. The average molecular weight is 270 g/mol. The lowest BCUT2D eigenvalue weighted by atomic mass is 9.99. The van der Waals surface area contributed by atoms with Crippen LogP contribution in [-0.4, -0.2) is 16.0 Å². The molecule has 3 heteroatoms. The Morgan fingerprint density at radius 3 is 2.05 bits per heavy atom. The molecule has 0 spiro atoms. The monoisotopic (exact) mass is 270 g/mol. The van der Waals surface area contributed by atoms with Gasteiger partial charge in [-0.15, -0.1) is 0 Å². The fourth-order valence-electron chi connectivity index (χ4n) is 2.11. The van der Waals surface area contributed by atoms with Gasteiger partial charge in [-0.3, -0.25) is 4.79 Å². The smallest absolute Gasteiger partial charge is 0.157 e. The van der Waals surface area contributed by atoms with Gasteiger partial charge in [-0.05, 0) is 48.2 Å². The molecule has 2 rings (SSSR count). The van der Waals surface area contributed by atoms with Crippen LogP contribution >= 0.6 is 0 Å². The lowest BCUT2D eigenvalue weighted by Crippen LogP contribution is -2.06. The van der Waals surface area contributed by atoms with Crippen LogP contribution in [0.2, 0.25) is 0 Å². The van der Waals surface area contributed by atoms with E-state index < -0.39 is 0 Å². The van der Waals surface area contributed by atoms with Gasteiger partial charge >= 0.3 is 0 Å². The highest BCUT2D eigenvalue weighted by Gasteiger charge is 2.08. The number of aromatic hydroxyl groups is 2. The first-order valence-corrected chi connectivity index (χ1v) is 6.54. The summed E-state index contributed by atoms with van der Waals surface area (Å²) < 4.78 is 0. The van der Waals surface area contributed by atoms with Crippen molar-refractivity contribution in [2.45, 2.75) is 26.7 Å². The Bertz CT molecular complexity index is 589. The average Bonchev–Trinajstić information content (AvgIpc) is 2.38. The number of hydrogen-bond acceptors (Lipinski definition) is 3. The molecule has 0 saturated heterocycles. The fraction of sp³-hybridized carbons (Fsp3) is 0.235. The minimum atomic E-state index is -0.193. The van der Waals surface area contributed by atoms with Gasteiger partial charge < -0.3 is 10.2 Å². The lowest BCUT2D eigenvalue weighted by molar-refractivity contribution is -0.117. The Labute approximate surface area is 118 Å². The maximum Gasteiger partial charge on any atom is 0.157 e. The molecule has 0 aliphatic carbocycles. The molecule has 0 atom stereocenters. The standard InChI is InChI=1S/C17H18O3/c1-11-3-4-13(7-12(11)2)8-15(18)9-14-5-6-16(19)17(20)10-14/h3-7,10,19-20H,8-9H2,1-2H3. The Kier molecular flexibility index (Phi) is 4.08. The van der Waals surface area contributed by atoms with E-state index in [4.69, 9.17) is 0 Å². The van der Waals surface area contributed by atoms with Crippen molar-refractivity contribution >= 4 is 5.78 Å². The zero-order chi connectivity index (χ0) is 14.7. The number of phenols is 2. The van der Waals surface area contributed by atoms with Crippen LogP contribution in [0.1, 0.15) is 22.3 Å². The summed E-state index contributed by atoms with van der Waals surface area (Å²) in [6, 6.07) is 10.5. The molecule has 0 unspecified atom stereocenters. The summed E-state index contributed by atoms with van der Waals surface area (Å²) in [5.74, 6) is -0.282. The first kappa shape index (κ1) is 14.1. The van der Waals surface area contributed by atoms with E-state index >= 15 is 0 Å². The first-order valence-electron chi connectivity index (χ1n) is 6.54. The van der Waals surface area contributed by atoms with E-state index in [1.807, 2.05) is 32.0 Å². The normalized spacial score (nSPS) is 10.5. The molecule has 0 bridgehead atoms. The molecule has 0 aromatic heterocycles. The molecule has 0 aliphatic heterocycles. The summed E-state index contributed by atoms with van der Waals surface area (Å²) in [4.78, 5) is 12.0. The van der Waals surface area contributed by atoms with Crippen LogP contribution in [0.4, 0.5) is 0 Å². The fourth-order valence-corrected chi connectivity index (χ4v) is 2.11. The SMILES string of the molecule is Cc1ccc(CC(=O)Cc2ccc(O)c(O)c2)cc1C. The number of phenolic OH excluding ortho intramolecular Hbond substituents is 2. The van der Waals surface area contributed by atoms with E-state index in [9.17, 15) is 15.0 Å². The topological polar surface area (TPSA) is 57.5 Å². The Balaban J connectivity index is 2.04. The third-order valence-electron chi connectivity index (χ3n) is 3.41. The highest BCUT2D eigenvalue weighted by Crippen LogP contribution is 2.25. The minimum Gasteiger partial charge on any atom is -0.504 e. The van der Waals surface area contributed by atoms with Crippen molar-refractivity contribution in [3.63, 3.8) is 0 Å². The maximum absolute atomic E-state index is 12.0. The lowest BCUT2D eigenvalue weighted by Gasteiger charge is -2.06. The first-order chi connectivity index (χ1) is 9.45. The summed E-state index contributed by atoms with van der Waals surface area (Å²) in [6.45, 7) is 4.07. The molecule has 20 heavy (non-hydrogen) atoms. The van der Waals surface area contributed by atoms with Crippen LogP contribution < -0.4 is 0 Å². The van der Waals surface area contributed by atoms with Gasteiger partial charge in [0.15, 0.2) is 11.5 Å². The van der Waals surface area contributed by atoms with Crippen LogP contribution in [0.25, 0.3) is 0 Å². The molecule has 0 amide bonds. The predicted octanol–water partition coefficient (Wildman–Crippen LogP) is 3.07. The van der Waals surface area contributed by atoms with Gasteiger partial charge in [0.2, 0.25) is 0 Å². The summed E-state index contributed by atoms with van der Waals surface area (Å²) in [5.41, 5.74) is 4.09. The number of aryl methyl sites for hydroxylation is 2. The zero-order valence-electron chi connectivity index (χ0n) is 11.7. The van der Waals surface area contributed by atoms with Crippen LogP contribution in [-0.2, 0) is 17.6 Å². The third-order valence-corrected chi connectivity index (χ3v) is 3.41. The van der Waals surface area contributed by atoms with E-state index in [0.29, 0.717) is 12.0 Å². The summed E-state index contributed by atoms with van der Waals surface area (Å²) in [5, 5.41) is 18.6. The van der Waals surface area contributed by atoms with Crippen LogP contribution in [0.5, 0.6) is 11.5 Å². The van der Waals surface area contributed by atoms with Crippen molar-refractivity contribution in [1.29, 1.82) is 0 Å². The predicted molar refractivity (Wildman–Crippen MR) is 78.1 cm³/mol. The van der Waals surface area contributed by atoms with Gasteiger partial charge in [-0.1, -0.05) is 24.3 Å². The second kappa shape index (κ2) is 5.78. The van der Waals surface area contributed by atoms with Crippen molar-refractivity contribution in [2.24, 2.45) is 0 Å². The third kappa shape index (κ3) is 3.38. The highest BCUT2D eigenvalue weighted by molar-refractivity contribution is 5.83. The minimum absolute atomic E-state index is 0.0818. The number of hydrogen-bond donors (Lipinski definition) is 2. The Morgan fingerprint density at radius 2 is 1.45 bits per heavy atom. The number of carbonyl (C=O) groups is 1. The van der Waals surface area contributed by atoms with Gasteiger partial charge in [0.05, 0.1) is 0 Å². The van der Waals surface area contributed by atoms with E-state index in [2.05, 4.69) is 0 Å².